The minimum atomic E-state index is -0.634. The van der Waals surface area contributed by atoms with Gasteiger partial charge in [0.2, 0.25) is 5.91 Å². The van der Waals surface area contributed by atoms with E-state index in [9.17, 15) is 9.59 Å². The maximum absolute atomic E-state index is 13.3. The van der Waals surface area contributed by atoms with E-state index in [2.05, 4.69) is 10.6 Å². The molecule has 8 nitrogen and oxygen atoms in total. The Kier molecular flexibility index (Phi) is 7.53. The third-order valence-corrected chi connectivity index (χ3v) is 5.89. The zero-order valence-corrected chi connectivity index (χ0v) is 20.9. The molecule has 3 aromatic carbocycles. The predicted molar refractivity (Wildman–Crippen MR) is 142 cm³/mol. The van der Waals surface area contributed by atoms with Crippen LogP contribution in [-0.4, -0.2) is 45.0 Å². The Morgan fingerprint density at radius 1 is 1.00 bits per heavy atom. The summed E-state index contributed by atoms with van der Waals surface area (Å²) >= 11 is 0. The Bertz CT molecular complexity index is 1270. The highest BCUT2D eigenvalue weighted by atomic mass is 16.5. The largest absolute Gasteiger partial charge is 0.490 e. The third kappa shape index (κ3) is 5.02. The Hall–Kier alpha value is -4.33. The van der Waals surface area contributed by atoms with Crippen LogP contribution in [0.3, 0.4) is 0 Å². The van der Waals surface area contributed by atoms with E-state index in [0.717, 1.165) is 16.8 Å². The number of hydrogen-bond donors (Lipinski definition) is 2. The van der Waals surface area contributed by atoms with Gasteiger partial charge in [0.25, 0.3) is 0 Å². The maximum atomic E-state index is 13.3. The predicted octanol–water partition coefficient (Wildman–Crippen LogP) is 5.12. The van der Waals surface area contributed by atoms with Crippen molar-refractivity contribution in [3.8, 4) is 11.5 Å². The molecule has 0 saturated carbocycles. The van der Waals surface area contributed by atoms with E-state index < -0.39 is 5.92 Å². The first-order valence-corrected chi connectivity index (χ1v) is 11.9. The summed E-state index contributed by atoms with van der Waals surface area (Å²) in [6.07, 6.45) is 0. The van der Waals surface area contributed by atoms with Gasteiger partial charge < -0.3 is 20.1 Å². The van der Waals surface area contributed by atoms with Crippen molar-refractivity contribution in [2.24, 2.45) is 4.99 Å². The number of aliphatic imine (C=N–C) groups is 1. The Labute approximate surface area is 210 Å². The average molecular weight is 487 g/mol. The molecule has 0 bridgehead atoms. The summed E-state index contributed by atoms with van der Waals surface area (Å²) in [6.45, 7) is 4.77. The lowest BCUT2D eigenvalue weighted by molar-refractivity contribution is -0.115. The molecule has 0 radical (unpaired) electrons. The van der Waals surface area contributed by atoms with Crippen molar-refractivity contribution in [1.29, 1.82) is 0 Å². The van der Waals surface area contributed by atoms with Gasteiger partial charge in [-0.15, -0.1) is 0 Å². The van der Waals surface area contributed by atoms with Gasteiger partial charge in [-0.1, -0.05) is 30.3 Å². The van der Waals surface area contributed by atoms with Gasteiger partial charge in [0, 0.05) is 31.5 Å². The van der Waals surface area contributed by atoms with Crippen LogP contribution in [0.2, 0.25) is 0 Å². The summed E-state index contributed by atoms with van der Waals surface area (Å²) < 4.78 is 11.6. The number of nitrogens with one attached hydrogen (secondary N) is 2. The SMILES string of the molecule is CCOc1cc2c(cc1OCC)C(C(=Nc1ccc(N(C)C(=O)NC)cc1)c1ccccc1)C(=O)N2. The minimum absolute atomic E-state index is 0.167. The molecule has 186 valence electrons. The van der Waals surface area contributed by atoms with Gasteiger partial charge in [-0.3, -0.25) is 14.7 Å². The Balaban J connectivity index is 1.79. The fraction of sp³-hybridized carbons (Fsp3) is 0.250. The highest BCUT2D eigenvalue weighted by molar-refractivity contribution is 6.24. The fourth-order valence-electron chi connectivity index (χ4n) is 4.16. The van der Waals surface area contributed by atoms with E-state index in [0.29, 0.717) is 41.8 Å². The van der Waals surface area contributed by atoms with E-state index in [1.807, 2.05) is 80.6 Å². The number of fused-ring (bicyclic) bond motifs is 1. The molecule has 1 aliphatic heterocycles. The van der Waals surface area contributed by atoms with E-state index in [4.69, 9.17) is 14.5 Å². The molecular weight excluding hydrogens is 456 g/mol. The molecule has 0 aromatic heterocycles. The molecule has 3 aromatic rings. The van der Waals surface area contributed by atoms with Crippen molar-refractivity contribution in [1.82, 2.24) is 5.32 Å². The van der Waals surface area contributed by atoms with Crippen LogP contribution >= 0.6 is 0 Å². The van der Waals surface area contributed by atoms with Crippen LogP contribution in [0.25, 0.3) is 0 Å². The third-order valence-electron chi connectivity index (χ3n) is 5.89. The first kappa shape index (κ1) is 24.8. The molecule has 1 atom stereocenters. The molecule has 2 N–H and O–H groups in total. The monoisotopic (exact) mass is 486 g/mol. The van der Waals surface area contributed by atoms with Crippen LogP contribution in [0.5, 0.6) is 11.5 Å². The number of ether oxygens (including phenoxy) is 2. The van der Waals surface area contributed by atoms with Gasteiger partial charge in [0.05, 0.1) is 24.6 Å². The summed E-state index contributed by atoms with van der Waals surface area (Å²) in [5, 5.41) is 5.59. The maximum Gasteiger partial charge on any atom is 0.321 e. The summed E-state index contributed by atoms with van der Waals surface area (Å²) in [5.41, 5.74) is 4.31. The van der Waals surface area contributed by atoms with Crippen LogP contribution in [0.1, 0.15) is 30.9 Å². The lowest BCUT2D eigenvalue weighted by Gasteiger charge is -2.17. The van der Waals surface area contributed by atoms with Gasteiger partial charge in [0.15, 0.2) is 11.5 Å². The molecule has 0 spiro atoms. The quantitative estimate of drug-likeness (QED) is 0.433. The normalized spacial score (nSPS) is 14.6. The number of amides is 3. The van der Waals surface area contributed by atoms with E-state index >= 15 is 0 Å². The number of benzene rings is 3. The molecule has 0 saturated heterocycles. The van der Waals surface area contributed by atoms with Crippen molar-refractivity contribution in [2.45, 2.75) is 19.8 Å². The van der Waals surface area contributed by atoms with Crippen molar-refractivity contribution in [3.63, 3.8) is 0 Å². The lowest BCUT2D eigenvalue weighted by atomic mass is 9.90. The van der Waals surface area contributed by atoms with Crippen LogP contribution in [0, 0.1) is 0 Å². The molecule has 0 aliphatic carbocycles. The van der Waals surface area contributed by atoms with Crippen LogP contribution < -0.4 is 25.0 Å². The number of nitrogens with zero attached hydrogens (tertiary/aromatic N) is 2. The number of carbonyl (C=O) groups excluding carboxylic acids is 2. The van der Waals surface area contributed by atoms with Crippen molar-refractivity contribution >= 4 is 34.7 Å². The van der Waals surface area contributed by atoms with Crippen LogP contribution in [-0.2, 0) is 4.79 Å². The Morgan fingerprint density at radius 2 is 1.64 bits per heavy atom. The molecule has 1 heterocycles. The average Bonchev–Trinajstić information content (AvgIpc) is 3.22. The van der Waals surface area contributed by atoms with Crippen molar-refractivity contribution in [3.05, 3.63) is 77.9 Å². The fourth-order valence-corrected chi connectivity index (χ4v) is 4.16. The zero-order valence-electron chi connectivity index (χ0n) is 20.9. The van der Waals surface area contributed by atoms with Gasteiger partial charge in [-0.05, 0) is 55.3 Å². The molecule has 1 unspecified atom stereocenters. The summed E-state index contributed by atoms with van der Waals surface area (Å²) in [4.78, 5) is 31.7. The topological polar surface area (TPSA) is 92.3 Å². The van der Waals surface area contributed by atoms with Crippen LogP contribution in [0.15, 0.2) is 71.7 Å². The second-order valence-corrected chi connectivity index (χ2v) is 8.17. The van der Waals surface area contributed by atoms with Crippen LogP contribution in [0.4, 0.5) is 21.9 Å². The molecule has 36 heavy (non-hydrogen) atoms. The number of carbonyl (C=O) groups is 2. The zero-order chi connectivity index (χ0) is 25.7. The molecule has 3 amide bonds. The van der Waals surface area contributed by atoms with Gasteiger partial charge in [-0.25, -0.2) is 4.79 Å². The lowest BCUT2D eigenvalue weighted by Crippen LogP contribution is -2.34. The summed E-state index contributed by atoms with van der Waals surface area (Å²) in [6, 6.07) is 20.4. The number of anilines is 2. The minimum Gasteiger partial charge on any atom is -0.490 e. The van der Waals surface area contributed by atoms with Gasteiger partial charge in [-0.2, -0.15) is 0 Å². The first-order valence-electron chi connectivity index (χ1n) is 11.9. The second kappa shape index (κ2) is 10.9. The van der Waals surface area contributed by atoms with Gasteiger partial charge in [0.1, 0.15) is 5.92 Å². The second-order valence-electron chi connectivity index (χ2n) is 8.17. The first-order chi connectivity index (χ1) is 17.5. The molecule has 4 rings (SSSR count). The number of hydrogen-bond acceptors (Lipinski definition) is 5. The summed E-state index contributed by atoms with van der Waals surface area (Å²) in [5.74, 6) is 0.381. The molecule has 8 heteroatoms. The van der Waals surface area contributed by atoms with E-state index in [1.54, 1.807) is 14.1 Å². The highest BCUT2D eigenvalue weighted by Gasteiger charge is 2.37. The number of rotatable bonds is 8. The molecular formula is C28H30N4O4. The smallest absolute Gasteiger partial charge is 0.321 e. The molecule has 0 fully saturated rings. The van der Waals surface area contributed by atoms with Crippen molar-refractivity contribution < 1.29 is 19.1 Å². The highest BCUT2D eigenvalue weighted by Crippen LogP contribution is 2.43. The molecule has 1 aliphatic rings. The Morgan fingerprint density at radius 3 is 2.25 bits per heavy atom. The number of urea groups is 1. The van der Waals surface area contributed by atoms with E-state index in [-0.39, 0.29) is 11.9 Å². The van der Waals surface area contributed by atoms with Gasteiger partial charge >= 0.3 is 6.03 Å². The summed E-state index contributed by atoms with van der Waals surface area (Å²) in [7, 11) is 3.28. The van der Waals surface area contributed by atoms with E-state index in [1.165, 1.54) is 4.90 Å². The standard InChI is InChI=1S/C28H30N4O4/c1-5-35-23-16-21-22(17-24(23)36-6-2)31-27(33)25(21)26(18-10-8-7-9-11-18)30-19-12-14-20(15-13-19)32(4)28(34)29-3/h7-17,25H,5-6H2,1-4H3,(H,29,34)(H,31,33). The van der Waals surface area contributed by atoms with Crippen molar-refractivity contribution in [2.75, 3.05) is 37.5 Å².